The van der Waals surface area contributed by atoms with Gasteiger partial charge in [0.2, 0.25) is 5.91 Å². The Morgan fingerprint density at radius 1 is 1.18 bits per heavy atom. The minimum absolute atomic E-state index is 0.0954. The molecule has 0 saturated heterocycles. The van der Waals surface area contributed by atoms with Gasteiger partial charge in [-0.05, 0) is 36.9 Å². The van der Waals surface area contributed by atoms with Crippen LogP contribution < -0.4 is 14.8 Å². The van der Waals surface area contributed by atoms with Crippen LogP contribution in [0.2, 0.25) is 0 Å². The summed E-state index contributed by atoms with van der Waals surface area (Å²) in [7, 11) is 3.18. The summed E-state index contributed by atoms with van der Waals surface area (Å²) in [6.07, 6.45) is 3.29. The average molecular weight is 306 g/mol. The maximum Gasteiger partial charge on any atom is 0.244 e. The summed E-state index contributed by atoms with van der Waals surface area (Å²) in [5.74, 6) is 1.22. The van der Waals surface area contributed by atoms with E-state index in [1.807, 2.05) is 18.2 Å². The lowest BCUT2D eigenvalue weighted by atomic mass is 10.2. The molecule has 0 unspecified atom stereocenters. The Hall–Kier alpha value is -2.01. The molecule has 0 radical (unpaired) electrons. The lowest BCUT2D eigenvalue weighted by molar-refractivity contribution is -0.116. The molecule has 0 bridgehead atoms. The third kappa shape index (κ3) is 5.77. The van der Waals surface area contributed by atoms with Crippen LogP contribution in [0.1, 0.15) is 19.4 Å². The normalized spacial score (nSPS) is 11.0. The molecule has 1 N–H and O–H groups in total. The zero-order chi connectivity index (χ0) is 16.4. The largest absolute Gasteiger partial charge is 0.493 e. The predicted molar refractivity (Wildman–Crippen MR) is 89.4 cm³/mol. The van der Waals surface area contributed by atoms with Gasteiger partial charge in [0.25, 0.3) is 0 Å². The highest BCUT2D eigenvalue weighted by molar-refractivity contribution is 5.91. The number of carbonyl (C=O) groups is 1. The van der Waals surface area contributed by atoms with E-state index in [1.165, 1.54) is 6.08 Å². The molecule has 0 aliphatic carbocycles. The van der Waals surface area contributed by atoms with Crippen LogP contribution in [0.5, 0.6) is 11.5 Å². The highest BCUT2D eigenvalue weighted by atomic mass is 16.5. The van der Waals surface area contributed by atoms with E-state index in [9.17, 15) is 4.79 Å². The van der Waals surface area contributed by atoms with Gasteiger partial charge in [-0.15, -0.1) is 0 Å². The van der Waals surface area contributed by atoms with Gasteiger partial charge in [0.1, 0.15) is 0 Å². The summed E-state index contributed by atoms with van der Waals surface area (Å²) >= 11 is 0. The lowest BCUT2D eigenvalue weighted by Gasteiger charge is -2.17. The first-order valence-electron chi connectivity index (χ1n) is 7.54. The van der Waals surface area contributed by atoms with Gasteiger partial charge in [-0.1, -0.05) is 19.9 Å². The molecule has 0 saturated carbocycles. The molecular weight excluding hydrogens is 280 g/mol. The van der Waals surface area contributed by atoms with Crippen molar-refractivity contribution >= 4 is 12.0 Å². The van der Waals surface area contributed by atoms with E-state index in [1.54, 1.807) is 20.3 Å². The smallest absolute Gasteiger partial charge is 0.244 e. The zero-order valence-corrected chi connectivity index (χ0v) is 13.9. The van der Waals surface area contributed by atoms with Gasteiger partial charge in [-0.25, -0.2) is 0 Å². The van der Waals surface area contributed by atoms with Crippen molar-refractivity contribution in [2.45, 2.75) is 13.8 Å². The van der Waals surface area contributed by atoms with Gasteiger partial charge in [0.05, 0.1) is 14.2 Å². The van der Waals surface area contributed by atoms with E-state index in [-0.39, 0.29) is 5.91 Å². The van der Waals surface area contributed by atoms with Crippen LogP contribution in [-0.4, -0.2) is 51.2 Å². The molecular formula is C17H26N2O3. The predicted octanol–water partition coefficient (Wildman–Crippen LogP) is 2.17. The Morgan fingerprint density at radius 2 is 1.86 bits per heavy atom. The summed E-state index contributed by atoms with van der Waals surface area (Å²) in [5, 5.41) is 2.88. The molecule has 1 amide bonds. The number of carbonyl (C=O) groups excluding carboxylic acids is 1. The minimum atomic E-state index is -0.0954. The van der Waals surface area contributed by atoms with Gasteiger partial charge < -0.3 is 19.7 Å². The maximum atomic E-state index is 11.8. The fraction of sp³-hybridized carbons (Fsp3) is 0.471. The highest BCUT2D eigenvalue weighted by Gasteiger charge is 2.03. The molecule has 0 fully saturated rings. The number of hydrogen-bond donors (Lipinski definition) is 1. The summed E-state index contributed by atoms with van der Waals surface area (Å²) < 4.78 is 10.4. The van der Waals surface area contributed by atoms with Crippen LogP contribution in [0, 0.1) is 0 Å². The number of ether oxygens (including phenoxy) is 2. The molecule has 0 atom stereocenters. The van der Waals surface area contributed by atoms with Gasteiger partial charge in [-0.2, -0.15) is 0 Å². The third-order valence-corrected chi connectivity index (χ3v) is 3.46. The molecule has 1 aromatic rings. The van der Waals surface area contributed by atoms with E-state index < -0.39 is 0 Å². The van der Waals surface area contributed by atoms with Crippen molar-refractivity contribution in [1.82, 2.24) is 10.2 Å². The third-order valence-electron chi connectivity index (χ3n) is 3.46. The second-order valence-electron chi connectivity index (χ2n) is 4.77. The summed E-state index contributed by atoms with van der Waals surface area (Å²) in [4.78, 5) is 14.0. The van der Waals surface area contributed by atoms with Gasteiger partial charge in [0, 0.05) is 19.2 Å². The van der Waals surface area contributed by atoms with Crippen molar-refractivity contribution in [3.8, 4) is 11.5 Å². The van der Waals surface area contributed by atoms with E-state index in [0.29, 0.717) is 18.0 Å². The van der Waals surface area contributed by atoms with Crippen LogP contribution in [0.4, 0.5) is 0 Å². The summed E-state index contributed by atoms with van der Waals surface area (Å²) in [6, 6.07) is 5.52. The SMILES string of the molecule is CCN(CC)CCNC(=O)/C=C/c1ccc(OC)c(OC)c1. The van der Waals surface area contributed by atoms with Crippen molar-refractivity contribution in [1.29, 1.82) is 0 Å². The van der Waals surface area contributed by atoms with Gasteiger partial charge >= 0.3 is 0 Å². The Bertz CT molecular complexity index is 497. The first-order chi connectivity index (χ1) is 10.6. The van der Waals surface area contributed by atoms with Crippen LogP contribution in [-0.2, 0) is 4.79 Å². The molecule has 1 aromatic carbocycles. The number of rotatable bonds is 9. The molecule has 0 aromatic heterocycles. The van der Waals surface area contributed by atoms with E-state index >= 15 is 0 Å². The van der Waals surface area contributed by atoms with Gasteiger partial charge in [0.15, 0.2) is 11.5 Å². The van der Waals surface area contributed by atoms with Crippen LogP contribution in [0.3, 0.4) is 0 Å². The summed E-state index contributed by atoms with van der Waals surface area (Å²) in [5.41, 5.74) is 0.886. The van der Waals surface area contributed by atoms with Crippen molar-refractivity contribution < 1.29 is 14.3 Å². The van der Waals surface area contributed by atoms with Crippen molar-refractivity contribution in [2.24, 2.45) is 0 Å². The maximum absolute atomic E-state index is 11.8. The Labute approximate surface area is 132 Å². The number of methoxy groups -OCH3 is 2. The second-order valence-corrected chi connectivity index (χ2v) is 4.77. The number of likely N-dealkylation sites (N-methyl/N-ethyl adjacent to an activating group) is 1. The fourth-order valence-electron chi connectivity index (χ4n) is 2.06. The highest BCUT2D eigenvalue weighted by Crippen LogP contribution is 2.27. The zero-order valence-electron chi connectivity index (χ0n) is 13.9. The van der Waals surface area contributed by atoms with Crippen molar-refractivity contribution in [3.63, 3.8) is 0 Å². The van der Waals surface area contributed by atoms with E-state index in [2.05, 4.69) is 24.1 Å². The monoisotopic (exact) mass is 306 g/mol. The second kappa shape index (κ2) is 9.84. The molecule has 0 aliphatic heterocycles. The number of nitrogens with one attached hydrogen (secondary N) is 1. The molecule has 0 aliphatic rings. The van der Waals surface area contributed by atoms with Crippen LogP contribution in [0.25, 0.3) is 6.08 Å². The average Bonchev–Trinajstić information content (AvgIpc) is 2.56. The molecule has 0 heterocycles. The molecule has 1 rings (SSSR count). The topological polar surface area (TPSA) is 50.8 Å². The van der Waals surface area contributed by atoms with Crippen molar-refractivity contribution in [2.75, 3.05) is 40.4 Å². The minimum Gasteiger partial charge on any atom is -0.493 e. The fourth-order valence-corrected chi connectivity index (χ4v) is 2.06. The molecule has 5 heteroatoms. The molecule has 0 spiro atoms. The standard InChI is InChI=1S/C17H26N2O3/c1-5-19(6-2)12-11-18-17(20)10-8-14-7-9-15(21-3)16(13-14)22-4/h7-10,13H,5-6,11-12H2,1-4H3,(H,18,20)/b10-8+. The van der Waals surface area contributed by atoms with Crippen LogP contribution >= 0.6 is 0 Å². The molecule has 122 valence electrons. The molecule has 5 nitrogen and oxygen atoms in total. The number of benzene rings is 1. The Morgan fingerprint density at radius 3 is 2.45 bits per heavy atom. The number of nitrogens with zero attached hydrogens (tertiary/aromatic N) is 1. The van der Waals surface area contributed by atoms with E-state index in [4.69, 9.17) is 9.47 Å². The summed E-state index contributed by atoms with van der Waals surface area (Å²) in [6.45, 7) is 7.73. The number of amides is 1. The number of hydrogen-bond acceptors (Lipinski definition) is 4. The Kier molecular flexibility index (Phi) is 8.07. The van der Waals surface area contributed by atoms with Gasteiger partial charge in [-0.3, -0.25) is 4.79 Å². The Balaban J connectivity index is 2.52. The van der Waals surface area contributed by atoms with Crippen molar-refractivity contribution in [3.05, 3.63) is 29.8 Å². The first-order valence-corrected chi connectivity index (χ1v) is 7.54. The molecule has 22 heavy (non-hydrogen) atoms. The van der Waals surface area contributed by atoms with Crippen LogP contribution in [0.15, 0.2) is 24.3 Å². The first kappa shape index (κ1) is 18.0. The lowest BCUT2D eigenvalue weighted by Crippen LogP contribution is -2.34. The quantitative estimate of drug-likeness (QED) is 0.711. The van der Waals surface area contributed by atoms with E-state index in [0.717, 1.165) is 25.2 Å².